The van der Waals surface area contributed by atoms with Gasteiger partial charge in [-0.15, -0.1) is 0 Å². The molecule has 15 heavy (non-hydrogen) atoms. The third-order valence-corrected chi connectivity index (χ3v) is 2.21. The van der Waals surface area contributed by atoms with Crippen LogP contribution in [0.3, 0.4) is 0 Å². The Morgan fingerprint density at radius 1 is 1.40 bits per heavy atom. The number of hydrogen-bond donors (Lipinski definition) is 1. The van der Waals surface area contributed by atoms with Gasteiger partial charge in [0.15, 0.2) is 11.5 Å². The molecule has 0 amide bonds. The van der Waals surface area contributed by atoms with Gasteiger partial charge in [0.2, 0.25) is 0 Å². The van der Waals surface area contributed by atoms with Crippen molar-refractivity contribution in [2.24, 2.45) is 0 Å². The van der Waals surface area contributed by atoms with Crippen LogP contribution in [0, 0.1) is 6.92 Å². The van der Waals surface area contributed by atoms with Gasteiger partial charge in [0, 0.05) is 0 Å². The van der Waals surface area contributed by atoms with Crippen LogP contribution in [0.25, 0.3) is 10.8 Å². The van der Waals surface area contributed by atoms with Gasteiger partial charge in [-0.25, -0.2) is 4.79 Å². The summed E-state index contributed by atoms with van der Waals surface area (Å²) in [6.07, 6.45) is 0. The number of rotatable bonds is 1. The molecule has 0 aliphatic rings. The normalized spacial score (nSPS) is 10.5. The highest BCUT2D eigenvalue weighted by Crippen LogP contribution is 2.32. The fourth-order valence-corrected chi connectivity index (χ4v) is 1.53. The highest BCUT2D eigenvalue weighted by atomic mass is 16.5. The van der Waals surface area contributed by atoms with Gasteiger partial charge >= 0.3 is 5.63 Å². The van der Waals surface area contributed by atoms with Crippen LogP contribution in [-0.2, 0) is 0 Å². The maximum Gasteiger partial charge on any atom is 0.347 e. The largest absolute Gasteiger partial charge is 0.504 e. The van der Waals surface area contributed by atoms with Gasteiger partial charge in [-0.3, -0.25) is 0 Å². The molecule has 2 rings (SSSR count). The number of aryl methyl sites for hydroxylation is 1. The van der Waals surface area contributed by atoms with Crippen LogP contribution in [0.2, 0.25) is 0 Å². The van der Waals surface area contributed by atoms with Crippen LogP contribution in [0.15, 0.2) is 27.4 Å². The predicted octanol–water partition coefficient (Wildman–Crippen LogP) is 1.82. The summed E-state index contributed by atoms with van der Waals surface area (Å²) in [7, 11) is 1.43. The topological polar surface area (TPSA) is 59.7 Å². The van der Waals surface area contributed by atoms with Crippen molar-refractivity contribution in [1.82, 2.24) is 0 Å². The number of phenolic OH excluding ortho intramolecular Hbond substituents is 1. The van der Waals surface area contributed by atoms with E-state index in [0.29, 0.717) is 11.1 Å². The standard InChI is InChI=1S/C11H10O4/c1-6-5-7-3-4-8(14-2)10(12)9(7)11(13)15-6/h3-5,12H,1-2H3. The van der Waals surface area contributed by atoms with E-state index in [1.165, 1.54) is 7.11 Å². The second kappa shape index (κ2) is 3.31. The van der Waals surface area contributed by atoms with Crippen LogP contribution < -0.4 is 10.4 Å². The van der Waals surface area contributed by atoms with E-state index in [4.69, 9.17) is 9.15 Å². The maximum absolute atomic E-state index is 11.5. The summed E-state index contributed by atoms with van der Waals surface area (Å²) < 4.78 is 9.81. The highest BCUT2D eigenvalue weighted by Gasteiger charge is 2.11. The van der Waals surface area contributed by atoms with Crippen molar-refractivity contribution in [3.63, 3.8) is 0 Å². The van der Waals surface area contributed by atoms with Crippen molar-refractivity contribution in [2.45, 2.75) is 6.92 Å². The van der Waals surface area contributed by atoms with E-state index in [1.54, 1.807) is 25.1 Å². The third kappa shape index (κ3) is 1.44. The molecule has 1 N–H and O–H groups in total. The van der Waals surface area contributed by atoms with Crippen LogP contribution in [0.1, 0.15) is 5.76 Å². The molecule has 0 aliphatic carbocycles. The minimum atomic E-state index is -0.554. The Labute approximate surface area is 85.7 Å². The van der Waals surface area contributed by atoms with Gasteiger partial charge in [-0.05, 0) is 24.4 Å². The predicted molar refractivity (Wildman–Crippen MR) is 55.4 cm³/mol. The summed E-state index contributed by atoms with van der Waals surface area (Å²) in [6.45, 7) is 1.68. The Balaban J connectivity index is 2.93. The molecular weight excluding hydrogens is 196 g/mol. The third-order valence-electron chi connectivity index (χ3n) is 2.21. The lowest BCUT2D eigenvalue weighted by Gasteiger charge is -2.05. The Kier molecular flexibility index (Phi) is 2.11. The summed E-state index contributed by atoms with van der Waals surface area (Å²) in [6, 6.07) is 5.00. The summed E-state index contributed by atoms with van der Waals surface area (Å²) >= 11 is 0. The van der Waals surface area contributed by atoms with Crippen LogP contribution in [-0.4, -0.2) is 12.2 Å². The highest BCUT2D eigenvalue weighted by molar-refractivity contribution is 5.89. The molecule has 0 unspecified atom stereocenters. The number of fused-ring (bicyclic) bond motifs is 1. The Morgan fingerprint density at radius 2 is 2.13 bits per heavy atom. The van der Waals surface area contributed by atoms with Gasteiger partial charge in [-0.2, -0.15) is 0 Å². The average Bonchev–Trinajstić information content (AvgIpc) is 2.17. The SMILES string of the molecule is COc1ccc2cc(C)oc(=O)c2c1O. The number of aromatic hydroxyl groups is 1. The van der Waals surface area contributed by atoms with Crippen molar-refractivity contribution in [3.05, 3.63) is 34.4 Å². The summed E-state index contributed by atoms with van der Waals surface area (Å²) in [5.74, 6) is 0.597. The molecule has 1 aromatic carbocycles. The summed E-state index contributed by atoms with van der Waals surface area (Å²) in [5, 5.41) is 10.5. The van der Waals surface area contributed by atoms with Crippen LogP contribution >= 0.6 is 0 Å². The van der Waals surface area contributed by atoms with Crippen LogP contribution in [0.5, 0.6) is 11.5 Å². The quantitative estimate of drug-likeness (QED) is 0.773. The van der Waals surface area contributed by atoms with E-state index in [1.807, 2.05) is 0 Å². The zero-order valence-corrected chi connectivity index (χ0v) is 8.40. The van der Waals surface area contributed by atoms with E-state index in [2.05, 4.69) is 0 Å². The first-order valence-electron chi connectivity index (χ1n) is 4.44. The van der Waals surface area contributed by atoms with E-state index >= 15 is 0 Å². The second-order valence-electron chi connectivity index (χ2n) is 3.23. The molecule has 0 radical (unpaired) electrons. The summed E-state index contributed by atoms with van der Waals surface area (Å²) in [4.78, 5) is 11.5. The number of methoxy groups -OCH3 is 1. The van der Waals surface area contributed by atoms with E-state index in [9.17, 15) is 9.90 Å². The smallest absolute Gasteiger partial charge is 0.347 e. The molecule has 0 bridgehead atoms. The van der Waals surface area contributed by atoms with Crippen molar-refractivity contribution in [1.29, 1.82) is 0 Å². The molecule has 1 aromatic heterocycles. The molecule has 0 aliphatic heterocycles. The van der Waals surface area contributed by atoms with Crippen LogP contribution in [0.4, 0.5) is 0 Å². The number of phenols is 1. The summed E-state index contributed by atoms with van der Waals surface area (Å²) in [5.41, 5.74) is -0.554. The molecule has 0 spiro atoms. The van der Waals surface area contributed by atoms with E-state index < -0.39 is 5.63 Å². The first kappa shape index (κ1) is 9.58. The minimum Gasteiger partial charge on any atom is -0.504 e. The maximum atomic E-state index is 11.5. The first-order chi connectivity index (χ1) is 7.13. The Morgan fingerprint density at radius 3 is 2.80 bits per heavy atom. The zero-order valence-electron chi connectivity index (χ0n) is 8.40. The van der Waals surface area contributed by atoms with E-state index in [0.717, 1.165) is 0 Å². The second-order valence-corrected chi connectivity index (χ2v) is 3.23. The lowest BCUT2D eigenvalue weighted by Crippen LogP contribution is -2.01. The number of benzene rings is 1. The molecule has 0 atom stereocenters. The minimum absolute atomic E-state index is 0.153. The molecule has 0 saturated heterocycles. The lowest BCUT2D eigenvalue weighted by molar-refractivity contribution is 0.375. The van der Waals surface area contributed by atoms with Crippen molar-refractivity contribution in [2.75, 3.05) is 7.11 Å². The zero-order chi connectivity index (χ0) is 11.0. The fraction of sp³-hybridized carbons (Fsp3) is 0.182. The van der Waals surface area contributed by atoms with Gasteiger partial charge < -0.3 is 14.3 Å². The van der Waals surface area contributed by atoms with Gasteiger partial charge in [0.05, 0.1) is 7.11 Å². The molecule has 0 fully saturated rings. The van der Waals surface area contributed by atoms with Crippen molar-refractivity contribution < 1.29 is 14.3 Å². The van der Waals surface area contributed by atoms with Gasteiger partial charge in [0.25, 0.3) is 0 Å². The van der Waals surface area contributed by atoms with Gasteiger partial charge in [-0.1, -0.05) is 6.07 Å². The molecule has 0 saturated carbocycles. The molecule has 2 aromatic rings. The molecule has 78 valence electrons. The molecule has 4 heteroatoms. The lowest BCUT2D eigenvalue weighted by atomic mass is 10.1. The molecular formula is C11H10O4. The Hall–Kier alpha value is -1.97. The molecule has 1 heterocycles. The van der Waals surface area contributed by atoms with Crippen molar-refractivity contribution in [3.8, 4) is 11.5 Å². The van der Waals surface area contributed by atoms with Crippen molar-refractivity contribution >= 4 is 10.8 Å². The molecule has 4 nitrogen and oxygen atoms in total. The Bertz CT molecular complexity index is 569. The van der Waals surface area contributed by atoms with Gasteiger partial charge in [0.1, 0.15) is 11.1 Å². The fourth-order valence-electron chi connectivity index (χ4n) is 1.53. The van der Waals surface area contributed by atoms with E-state index in [-0.39, 0.29) is 16.9 Å². The number of ether oxygens (including phenoxy) is 1. The average molecular weight is 206 g/mol. The first-order valence-corrected chi connectivity index (χ1v) is 4.44. The monoisotopic (exact) mass is 206 g/mol. The number of hydrogen-bond acceptors (Lipinski definition) is 4.